The minimum Gasteiger partial charge on any atom is -0.451 e. The predicted octanol–water partition coefficient (Wildman–Crippen LogP) is 5.74. The van der Waals surface area contributed by atoms with E-state index in [-0.39, 0.29) is 12.0 Å². The number of aldehydes is 1. The number of carbonyl (C=O) groups is 2. The molecule has 164 valence electrons. The molecule has 2 N–H and O–H groups in total. The molecule has 31 heavy (non-hydrogen) atoms. The summed E-state index contributed by atoms with van der Waals surface area (Å²) in [6, 6.07) is 12.5. The van der Waals surface area contributed by atoms with Crippen molar-refractivity contribution in [1.29, 1.82) is 0 Å². The molecular formula is C21H18ClF3N2O4. The molecule has 3 rings (SSSR count). The monoisotopic (exact) mass is 454 g/mol. The SMILES string of the molecule is CNc1ccc(OC=O)c(NC)c1.O=Cc1cc(-c2ccc(Cl)cc2)oc1C(F)(F)F. The lowest BCUT2D eigenvalue weighted by molar-refractivity contribution is -0.152. The second kappa shape index (κ2) is 10.5. The zero-order valence-electron chi connectivity index (χ0n) is 16.4. The molecule has 0 aliphatic heterocycles. The fourth-order valence-corrected chi connectivity index (χ4v) is 2.63. The fourth-order valence-electron chi connectivity index (χ4n) is 2.51. The summed E-state index contributed by atoms with van der Waals surface area (Å²) >= 11 is 5.67. The van der Waals surface area contributed by atoms with Crippen molar-refractivity contribution in [3.8, 4) is 17.1 Å². The second-order valence-corrected chi connectivity index (χ2v) is 6.38. The van der Waals surface area contributed by atoms with Gasteiger partial charge < -0.3 is 19.8 Å². The number of benzene rings is 2. The van der Waals surface area contributed by atoms with Crippen molar-refractivity contribution in [3.05, 3.63) is 64.9 Å². The van der Waals surface area contributed by atoms with Crippen LogP contribution in [0.5, 0.6) is 5.75 Å². The number of rotatable bonds is 6. The Morgan fingerprint density at radius 2 is 1.68 bits per heavy atom. The molecule has 6 nitrogen and oxygen atoms in total. The topological polar surface area (TPSA) is 80.6 Å². The van der Waals surface area contributed by atoms with Gasteiger partial charge in [0, 0.05) is 30.4 Å². The maximum absolute atomic E-state index is 12.6. The number of ether oxygens (including phenoxy) is 1. The van der Waals surface area contributed by atoms with Crippen molar-refractivity contribution < 1.29 is 31.9 Å². The number of furan rings is 1. The van der Waals surface area contributed by atoms with Gasteiger partial charge in [-0.3, -0.25) is 9.59 Å². The van der Waals surface area contributed by atoms with Crippen LogP contribution in [0.1, 0.15) is 16.1 Å². The van der Waals surface area contributed by atoms with Crippen molar-refractivity contribution in [2.75, 3.05) is 24.7 Å². The molecule has 0 bridgehead atoms. The van der Waals surface area contributed by atoms with Gasteiger partial charge in [-0.05, 0) is 48.5 Å². The summed E-state index contributed by atoms with van der Waals surface area (Å²) in [4.78, 5) is 20.7. The quantitative estimate of drug-likeness (QED) is 0.462. The summed E-state index contributed by atoms with van der Waals surface area (Å²) in [6.07, 6.45) is -4.58. The van der Waals surface area contributed by atoms with Crippen LogP contribution in [-0.4, -0.2) is 26.9 Å². The van der Waals surface area contributed by atoms with Crippen LogP contribution in [0.4, 0.5) is 24.5 Å². The molecule has 0 spiro atoms. The average molecular weight is 455 g/mol. The largest absolute Gasteiger partial charge is 0.451 e. The first kappa shape index (κ1) is 23.8. The highest BCUT2D eigenvalue weighted by molar-refractivity contribution is 6.30. The maximum Gasteiger partial charge on any atom is 0.450 e. The lowest BCUT2D eigenvalue weighted by Gasteiger charge is -2.08. The number of anilines is 2. The standard InChI is InChI=1S/C12H6ClF3O2.C9H12N2O2/c13-9-3-1-7(2-4-9)10-5-8(6-17)11(18-10)12(14,15)16;1-10-7-3-4-9(13-6-12)8(5-7)11-2/h1-6H;3-6,10-11H,1-2H3. The molecule has 1 heterocycles. The molecule has 0 amide bonds. The summed E-state index contributed by atoms with van der Waals surface area (Å²) in [5.41, 5.74) is 1.63. The lowest BCUT2D eigenvalue weighted by atomic mass is 10.1. The van der Waals surface area contributed by atoms with E-state index < -0.39 is 17.5 Å². The fraction of sp³-hybridized carbons (Fsp3) is 0.143. The van der Waals surface area contributed by atoms with Crippen LogP contribution in [0.15, 0.2) is 52.9 Å². The average Bonchev–Trinajstić information content (AvgIpc) is 3.20. The van der Waals surface area contributed by atoms with Crippen molar-refractivity contribution in [2.24, 2.45) is 0 Å². The Labute approximate surface area is 181 Å². The smallest absolute Gasteiger partial charge is 0.450 e. The summed E-state index contributed by atoms with van der Waals surface area (Å²) in [6.45, 7) is 0.412. The van der Waals surface area contributed by atoms with Gasteiger partial charge in [-0.2, -0.15) is 13.2 Å². The van der Waals surface area contributed by atoms with E-state index >= 15 is 0 Å². The highest BCUT2D eigenvalue weighted by atomic mass is 35.5. The van der Waals surface area contributed by atoms with Gasteiger partial charge in [-0.25, -0.2) is 0 Å². The number of alkyl halides is 3. The van der Waals surface area contributed by atoms with Gasteiger partial charge >= 0.3 is 6.18 Å². The minimum absolute atomic E-state index is 0.0268. The molecule has 10 heteroatoms. The van der Waals surface area contributed by atoms with Gasteiger partial charge in [0.2, 0.25) is 5.76 Å². The molecule has 1 aromatic heterocycles. The van der Waals surface area contributed by atoms with Gasteiger partial charge in [0.15, 0.2) is 12.0 Å². The van der Waals surface area contributed by atoms with Gasteiger partial charge in [0.1, 0.15) is 5.76 Å². The van der Waals surface area contributed by atoms with Crippen molar-refractivity contribution in [2.45, 2.75) is 6.18 Å². The van der Waals surface area contributed by atoms with Crippen LogP contribution in [0.3, 0.4) is 0 Å². The van der Waals surface area contributed by atoms with E-state index in [1.807, 2.05) is 19.2 Å². The highest BCUT2D eigenvalue weighted by Crippen LogP contribution is 2.36. The van der Waals surface area contributed by atoms with Gasteiger partial charge in [-0.1, -0.05) is 11.6 Å². The Bertz CT molecular complexity index is 1030. The van der Waals surface area contributed by atoms with E-state index in [1.54, 1.807) is 13.1 Å². The molecule has 0 aliphatic rings. The van der Waals surface area contributed by atoms with E-state index in [0.29, 0.717) is 22.8 Å². The highest BCUT2D eigenvalue weighted by Gasteiger charge is 2.38. The first-order valence-corrected chi connectivity index (χ1v) is 9.13. The van der Waals surface area contributed by atoms with E-state index in [4.69, 9.17) is 20.8 Å². The Morgan fingerprint density at radius 1 is 1.00 bits per heavy atom. The molecule has 3 aromatic rings. The van der Waals surface area contributed by atoms with E-state index in [0.717, 1.165) is 17.4 Å². The number of carbonyl (C=O) groups excluding carboxylic acids is 2. The number of nitrogens with one attached hydrogen (secondary N) is 2. The molecule has 0 unspecified atom stereocenters. The molecule has 0 saturated heterocycles. The molecule has 0 atom stereocenters. The van der Waals surface area contributed by atoms with Crippen molar-refractivity contribution >= 4 is 35.7 Å². The maximum atomic E-state index is 12.6. The lowest BCUT2D eigenvalue weighted by Crippen LogP contribution is -2.05. The zero-order chi connectivity index (χ0) is 23.0. The van der Waals surface area contributed by atoms with Crippen LogP contribution in [0.2, 0.25) is 5.02 Å². The van der Waals surface area contributed by atoms with E-state index in [2.05, 4.69) is 10.6 Å². The van der Waals surface area contributed by atoms with Crippen LogP contribution >= 0.6 is 11.6 Å². The number of hydrogen-bond acceptors (Lipinski definition) is 6. The first-order chi connectivity index (χ1) is 14.7. The molecule has 0 fully saturated rings. The van der Waals surface area contributed by atoms with Crippen molar-refractivity contribution in [3.63, 3.8) is 0 Å². The van der Waals surface area contributed by atoms with Gasteiger partial charge in [0.05, 0.1) is 11.3 Å². The molecule has 0 aliphatic carbocycles. The number of hydrogen-bond donors (Lipinski definition) is 2. The van der Waals surface area contributed by atoms with Crippen LogP contribution < -0.4 is 15.4 Å². The van der Waals surface area contributed by atoms with Gasteiger partial charge in [-0.15, -0.1) is 0 Å². The minimum atomic E-state index is -4.69. The molecule has 2 aromatic carbocycles. The molecule has 0 radical (unpaired) electrons. The van der Waals surface area contributed by atoms with E-state index in [9.17, 15) is 22.8 Å². The normalized spacial score (nSPS) is 10.5. The Morgan fingerprint density at radius 3 is 2.16 bits per heavy atom. The molecule has 0 saturated carbocycles. The summed E-state index contributed by atoms with van der Waals surface area (Å²) in [7, 11) is 3.60. The Balaban J connectivity index is 0.000000233. The molecular weight excluding hydrogens is 437 g/mol. The third-order valence-electron chi connectivity index (χ3n) is 3.99. The third kappa shape index (κ3) is 6.26. The van der Waals surface area contributed by atoms with Crippen LogP contribution in [0, 0.1) is 0 Å². The first-order valence-electron chi connectivity index (χ1n) is 8.75. The Kier molecular flexibility index (Phi) is 8.09. The Hall–Kier alpha value is -3.46. The van der Waals surface area contributed by atoms with Crippen LogP contribution in [0.25, 0.3) is 11.3 Å². The summed E-state index contributed by atoms with van der Waals surface area (Å²) in [5.74, 6) is -0.792. The predicted molar refractivity (Wildman–Crippen MR) is 112 cm³/mol. The van der Waals surface area contributed by atoms with E-state index in [1.165, 1.54) is 24.3 Å². The summed E-state index contributed by atoms with van der Waals surface area (Å²) < 4.78 is 47.1. The zero-order valence-corrected chi connectivity index (χ0v) is 17.2. The summed E-state index contributed by atoms with van der Waals surface area (Å²) in [5, 5.41) is 6.37. The second-order valence-electron chi connectivity index (χ2n) is 5.94. The van der Waals surface area contributed by atoms with Crippen molar-refractivity contribution in [1.82, 2.24) is 0 Å². The third-order valence-corrected chi connectivity index (χ3v) is 4.24. The van der Waals surface area contributed by atoms with Gasteiger partial charge in [0.25, 0.3) is 6.47 Å². The number of halogens is 4. The van der Waals surface area contributed by atoms with Crippen LogP contribution in [-0.2, 0) is 11.0 Å².